The molecular weight excluding hydrogens is 483 g/mol. The molecular formula is C26H37FN4O6. The summed E-state index contributed by atoms with van der Waals surface area (Å²) in [5, 5.41) is 24.5. The molecule has 11 heteroatoms. The zero-order chi connectivity index (χ0) is 27.6. The number of hydrogen-bond acceptors (Lipinski definition) is 7. The zero-order valence-electron chi connectivity index (χ0n) is 22.0. The molecule has 37 heavy (non-hydrogen) atoms. The fourth-order valence-electron chi connectivity index (χ4n) is 3.64. The molecule has 2 amide bonds. The number of nitrogens with one attached hydrogen (secondary N) is 1. The van der Waals surface area contributed by atoms with E-state index in [0.29, 0.717) is 25.3 Å². The molecule has 0 fully saturated rings. The maximum absolute atomic E-state index is 14.6. The summed E-state index contributed by atoms with van der Waals surface area (Å²) in [6.07, 6.45) is 4.01. The molecule has 0 saturated carbocycles. The summed E-state index contributed by atoms with van der Waals surface area (Å²) in [6, 6.07) is 5.42. The first kappa shape index (κ1) is 29.8. The van der Waals surface area contributed by atoms with E-state index < -0.39 is 23.4 Å². The van der Waals surface area contributed by atoms with Crippen molar-refractivity contribution in [2.45, 2.75) is 65.6 Å². The van der Waals surface area contributed by atoms with Crippen LogP contribution in [0.5, 0.6) is 11.5 Å². The number of aliphatic hydroxyl groups is 2. The van der Waals surface area contributed by atoms with Gasteiger partial charge in [0.1, 0.15) is 11.8 Å². The number of carbonyl (C=O) groups excluding carboxylic acids is 2. The highest BCUT2D eigenvalue weighted by atomic mass is 19.1. The molecule has 1 aromatic carbocycles. The normalized spacial score (nSPS) is 14.0. The summed E-state index contributed by atoms with van der Waals surface area (Å²) in [5.41, 5.74) is -0.955. The monoisotopic (exact) mass is 520 g/mol. The van der Waals surface area contributed by atoms with Crippen LogP contribution in [0.4, 0.5) is 10.2 Å². The van der Waals surface area contributed by atoms with Gasteiger partial charge in [0.15, 0.2) is 17.3 Å². The number of amides is 2. The van der Waals surface area contributed by atoms with Gasteiger partial charge >= 0.3 is 0 Å². The maximum Gasteiger partial charge on any atom is 0.251 e. The Hall–Kier alpha value is -3.44. The molecule has 1 atom stereocenters. The van der Waals surface area contributed by atoms with Crippen LogP contribution < -0.4 is 14.8 Å². The molecule has 3 N–H and O–H groups in total. The molecule has 2 heterocycles. The van der Waals surface area contributed by atoms with Crippen molar-refractivity contribution in [1.82, 2.24) is 14.7 Å². The Morgan fingerprint density at radius 3 is 2.54 bits per heavy atom. The number of aliphatic hydroxyl groups excluding tert-OH is 1. The van der Waals surface area contributed by atoms with Crippen molar-refractivity contribution >= 4 is 17.6 Å². The number of nitrogens with zero attached hydrogens (tertiary/aromatic N) is 3. The molecule has 1 aromatic heterocycles. The largest absolute Gasteiger partial charge is 0.491 e. The van der Waals surface area contributed by atoms with Crippen molar-refractivity contribution in [2.75, 3.05) is 25.1 Å². The molecule has 0 aliphatic carbocycles. The maximum atomic E-state index is 14.6. The van der Waals surface area contributed by atoms with E-state index in [2.05, 4.69) is 10.4 Å². The van der Waals surface area contributed by atoms with Gasteiger partial charge in [0.2, 0.25) is 11.7 Å². The van der Waals surface area contributed by atoms with Crippen LogP contribution in [0.2, 0.25) is 0 Å². The van der Waals surface area contributed by atoms with Crippen molar-refractivity contribution < 1.29 is 33.7 Å². The predicted molar refractivity (Wildman–Crippen MR) is 137 cm³/mol. The van der Waals surface area contributed by atoms with Crippen LogP contribution in [0.25, 0.3) is 0 Å². The third-order valence-electron chi connectivity index (χ3n) is 5.04. The Labute approximate surface area is 216 Å². The van der Waals surface area contributed by atoms with E-state index in [1.807, 2.05) is 6.92 Å². The predicted octanol–water partition coefficient (Wildman–Crippen LogP) is 3.10. The van der Waals surface area contributed by atoms with Gasteiger partial charge in [-0.2, -0.15) is 9.49 Å². The van der Waals surface area contributed by atoms with Crippen molar-refractivity contribution in [3.8, 4) is 11.5 Å². The Bertz CT molecular complexity index is 1080. The van der Waals surface area contributed by atoms with Gasteiger partial charge < -0.3 is 29.9 Å². The Balaban J connectivity index is 0.00000153. The lowest BCUT2D eigenvalue weighted by atomic mass is 10.1. The van der Waals surface area contributed by atoms with Crippen LogP contribution in [0.1, 0.15) is 47.5 Å². The molecule has 0 saturated heterocycles. The van der Waals surface area contributed by atoms with Gasteiger partial charge in [-0.1, -0.05) is 19.4 Å². The van der Waals surface area contributed by atoms with Crippen LogP contribution in [-0.4, -0.2) is 68.1 Å². The minimum Gasteiger partial charge on any atom is -0.491 e. The summed E-state index contributed by atoms with van der Waals surface area (Å²) < 4.78 is 27.0. The van der Waals surface area contributed by atoms with Gasteiger partial charge in [-0.15, -0.1) is 0 Å². The SMILES string of the molecule is CCCC(C(=O)Nc1ccn(CC(C)(C)O)n1)N1CC(Oc2cccc(OCC)c2F)=CC1=O.CCO. The first-order chi connectivity index (χ1) is 17.5. The van der Waals surface area contributed by atoms with Crippen LogP contribution in [0.15, 0.2) is 42.3 Å². The van der Waals surface area contributed by atoms with Crippen molar-refractivity contribution in [1.29, 1.82) is 0 Å². The highest BCUT2D eigenvalue weighted by Crippen LogP contribution is 2.29. The van der Waals surface area contributed by atoms with Gasteiger partial charge in [-0.05, 0) is 46.2 Å². The van der Waals surface area contributed by atoms with Gasteiger partial charge in [-0.25, -0.2) is 0 Å². The number of rotatable bonds is 11. The topological polar surface area (TPSA) is 126 Å². The van der Waals surface area contributed by atoms with E-state index >= 15 is 0 Å². The average Bonchev–Trinajstić information content (AvgIpc) is 3.39. The Kier molecular flexibility index (Phi) is 11.1. The average molecular weight is 521 g/mol. The number of carbonyl (C=O) groups is 2. The van der Waals surface area contributed by atoms with Crippen LogP contribution >= 0.6 is 0 Å². The summed E-state index contributed by atoms with van der Waals surface area (Å²) in [7, 11) is 0. The summed E-state index contributed by atoms with van der Waals surface area (Å²) in [6.45, 7) is 9.51. The number of hydrogen-bond donors (Lipinski definition) is 3. The van der Waals surface area contributed by atoms with Crippen LogP contribution in [0.3, 0.4) is 0 Å². The summed E-state index contributed by atoms with van der Waals surface area (Å²) >= 11 is 0. The smallest absolute Gasteiger partial charge is 0.251 e. The van der Waals surface area contributed by atoms with E-state index in [1.165, 1.54) is 27.8 Å². The van der Waals surface area contributed by atoms with Crippen molar-refractivity contribution in [3.05, 3.63) is 48.1 Å². The van der Waals surface area contributed by atoms with Crippen LogP contribution in [-0.2, 0) is 16.1 Å². The lowest BCUT2D eigenvalue weighted by Crippen LogP contribution is -2.45. The quantitative estimate of drug-likeness (QED) is 0.416. The number of aromatic nitrogens is 2. The Morgan fingerprint density at radius 2 is 1.92 bits per heavy atom. The molecule has 1 aliphatic heterocycles. The van der Waals surface area contributed by atoms with Gasteiger partial charge in [0.05, 0.1) is 25.3 Å². The second-order valence-electron chi connectivity index (χ2n) is 9.00. The first-order valence-corrected chi connectivity index (χ1v) is 12.3. The van der Waals surface area contributed by atoms with Crippen LogP contribution in [0, 0.1) is 5.82 Å². The van der Waals surface area contributed by atoms with E-state index in [1.54, 1.807) is 46.0 Å². The molecule has 1 unspecified atom stereocenters. The van der Waals surface area contributed by atoms with E-state index in [9.17, 15) is 19.1 Å². The second-order valence-corrected chi connectivity index (χ2v) is 9.00. The minimum atomic E-state index is -0.955. The van der Waals surface area contributed by atoms with Gasteiger partial charge in [0, 0.05) is 24.9 Å². The number of benzene rings is 1. The molecule has 1 aliphatic rings. The zero-order valence-corrected chi connectivity index (χ0v) is 22.0. The van der Waals surface area contributed by atoms with E-state index in [4.69, 9.17) is 14.6 Å². The first-order valence-electron chi connectivity index (χ1n) is 12.3. The fraction of sp³-hybridized carbons (Fsp3) is 0.500. The van der Waals surface area contributed by atoms with Crippen molar-refractivity contribution in [3.63, 3.8) is 0 Å². The molecule has 2 aromatic rings. The summed E-state index contributed by atoms with van der Waals surface area (Å²) in [5.74, 6) is -0.863. The van der Waals surface area contributed by atoms with Gasteiger partial charge in [-0.3, -0.25) is 14.3 Å². The third-order valence-corrected chi connectivity index (χ3v) is 5.04. The molecule has 0 bridgehead atoms. The highest BCUT2D eigenvalue weighted by Gasteiger charge is 2.34. The molecule has 0 spiro atoms. The van der Waals surface area contributed by atoms with E-state index in [-0.39, 0.29) is 42.9 Å². The Morgan fingerprint density at radius 1 is 1.24 bits per heavy atom. The third kappa shape index (κ3) is 8.87. The number of ether oxygens (including phenoxy) is 2. The van der Waals surface area contributed by atoms with Crippen molar-refractivity contribution in [2.24, 2.45) is 0 Å². The standard InChI is InChI=1S/C24H31FN4O5.C2H6O/c1-5-8-17(23(31)26-20-11-12-28(27-20)15-24(3,4)32)29-14-16(13-21(29)30)34-19-10-7-9-18(22(19)25)33-6-2;1-2-3/h7,9-13,17,32H,5-6,8,14-15H2,1-4H3,(H,26,27,31);3H,2H2,1H3. The van der Waals surface area contributed by atoms with E-state index in [0.717, 1.165) is 0 Å². The highest BCUT2D eigenvalue weighted by molar-refractivity contribution is 5.99. The summed E-state index contributed by atoms with van der Waals surface area (Å²) in [4.78, 5) is 27.1. The minimum absolute atomic E-state index is 0.0301. The molecule has 0 radical (unpaired) electrons. The molecule has 204 valence electrons. The number of halogens is 1. The lowest BCUT2D eigenvalue weighted by Gasteiger charge is -2.26. The number of anilines is 1. The molecule has 3 rings (SSSR count). The lowest BCUT2D eigenvalue weighted by molar-refractivity contribution is -0.133. The molecule has 10 nitrogen and oxygen atoms in total. The fourth-order valence-corrected chi connectivity index (χ4v) is 3.64. The second kappa shape index (κ2) is 13.8. The van der Waals surface area contributed by atoms with Gasteiger partial charge in [0.25, 0.3) is 5.91 Å².